The number of rotatable bonds is 1. The Morgan fingerprint density at radius 2 is 1.41 bits per heavy atom. The van der Waals surface area contributed by atoms with Crippen molar-refractivity contribution in [2.24, 2.45) is 0 Å². The summed E-state index contributed by atoms with van der Waals surface area (Å²) in [5.41, 5.74) is 2.52. The molecule has 0 spiro atoms. The first-order valence-corrected chi connectivity index (χ1v) is 6.50. The zero-order valence-electron chi connectivity index (χ0n) is 9.63. The maximum atomic E-state index is 2.25. The molecule has 84 valence electrons. The van der Waals surface area contributed by atoms with Crippen molar-refractivity contribution in [1.29, 1.82) is 0 Å². The first-order valence-electron chi connectivity index (χ1n) is 5.68. The molecule has 0 fully saturated rings. The van der Waals surface area contributed by atoms with E-state index in [1.165, 1.54) is 21.2 Å². The Kier molecular flexibility index (Phi) is 2.65. The van der Waals surface area contributed by atoms with Crippen molar-refractivity contribution < 1.29 is 0 Å². The predicted octanol–water partition coefficient (Wildman–Crippen LogP) is 4.82. The Bertz CT molecular complexity index is 529. The van der Waals surface area contributed by atoms with E-state index in [1.54, 1.807) is 0 Å². The van der Waals surface area contributed by atoms with Gasteiger partial charge in [0.15, 0.2) is 0 Å². The Hall–Kier alpha value is -1.67. The van der Waals surface area contributed by atoms with Crippen LogP contribution in [0.25, 0.3) is 0 Å². The second kappa shape index (κ2) is 4.30. The highest BCUT2D eigenvalue weighted by atomic mass is 32.2. The van der Waals surface area contributed by atoms with Gasteiger partial charge in [-0.15, -0.1) is 0 Å². The topological polar surface area (TPSA) is 3.24 Å². The molecular formula is C15H13NS. The van der Waals surface area contributed by atoms with Crippen molar-refractivity contribution in [1.82, 2.24) is 0 Å². The minimum atomic E-state index is 1.26. The minimum absolute atomic E-state index is 1.26. The van der Waals surface area contributed by atoms with Crippen LogP contribution in [0.15, 0.2) is 70.6 Å². The molecule has 1 aliphatic rings. The molecule has 17 heavy (non-hydrogen) atoms. The van der Waals surface area contributed by atoms with E-state index in [1.807, 2.05) is 18.7 Å². The summed E-state index contributed by atoms with van der Waals surface area (Å²) >= 11 is 1.84. The molecule has 1 heterocycles. The Morgan fingerprint density at radius 1 is 0.882 bits per heavy atom. The van der Waals surface area contributed by atoms with Crippen molar-refractivity contribution in [3.05, 3.63) is 60.8 Å². The SMILES string of the molecule is C/C=C\N1c2ccccc2Sc2ccccc21. The van der Waals surface area contributed by atoms with Crippen LogP contribution >= 0.6 is 11.8 Å². The minimum Gasteiger partial charge on any atom is -0.315 e. The van der Waals surface area contributed by atoms with E-state index in [-0.39, 0.29) is 0 Å². The van der Waals surface area contributed by atoms with Crippen molar-refractivity contribution in [2.45, 2.75) is 16.7 Å². The van der Waals surface area contributed by atoms with Gasteiger partial charge in [-0.05, 0) is 31.2 Å². The van der Waals surface area contributed by atoms with Gasteiger partial charge >= 0.3 is 0 Å². The van der Waals surface area contributed by atoms with Gasteiger partial charge < -0.3 is 4.90 Å². The number of nitrogens with zero attached hydrogens (tertiary/aromatic N) is 1. The highest BCUT2D eigenvalue weighted by molar-refractivity contribution is 7.99. The molecule has 0 saturated carbocycles. The van der Waals surface area contributed by atoms with Gasteiger partial charge in [0.25, 0.3) is 0 Å². The smallest absolute Gasteiger partial charge is 0.0595 e. The lowest BCUT2D eigenvalue weighted by Crippen LogP contribution is -2.13. The monoisotopic (exact) mass is 239 g/mol. The normalized spacial score (nSPS) is 13.6. The Labute approximate surface area is 106 Å². The maximum absolute atomic E-state index is 2.25. The molecule has 2 heteroatoms. The van der Waals surface area contributed by atoms with Crippen molar-refractivity contribution in [3.8, 4) is 0 Å². The van der Waals surface area contributed by atoms with Gasteiger partial charge in [-0.25, -0.2) is 0 Å². The molecule has 0 bridgehead atoms. The van der Waals surface area contributed by atoms with Gasteiger partial charge in [-0.3, -0.25) is 0 Å². The Balaban J connectivity index is 2.20. The molecule has 0 amide bonds. The van der Waals surface area contributed by atoms with Crippen LogP contribution in [0, 0.1) is 0 Å². The molecule has 1 aliphatic heterocycles. The lowest BCUT2D eigenvalue weighted by molar-refractivity contribution is 1.16. The summed E-state index contributed by atoms with van der Waals surface area (Å²) in [5.74, 6) is 0. The van der Waals surface area contributed by atoms with Gasteiger partial charge in [0, 0.05) is 16.0 Å². The highest BCUT2D eigenvalue weighted by Crippen LogP contribution is 2.47. The standard InChI is InChI=1S/C15H13NS/c1-2-11-16-12-7-3-5-9-14(12)17-15-10-6-4-8-13(15)16/h2-11H,1H3/b11-2-. The van der Waals surface area contributed by atoms with Crippen molar-refractivity contribution in [2.75, 3.05) is 4.90 Å². The number of fused-ring (bicyclic) bond motifs is 2. The Morgan fingerprint density at radius 3 is 1.94 bits per heavy atom. The summed E-state index contributed by atoms with van der Waals surface area (Å²) in [7, 11) is 0. The predicted molar refractivity (Wildman–Crippen MR) is 74.0 cm³/mol. The second-order valence-electron chi connectivity index (χ2n) is 3.89. The summed E-state index contributed by atoms with van der Waals surface area (Å²) in [4.78, 5) is 4.87. The number of allylic oxidation sites excluding steroid dienone is 1. The molecule has 3 rings (SSSR count). The van der Waals surface area contributed by atoms with E-state index >= 15 is 0 Å². The van der Waals surface area contributed by atoms with Crippen LogP contribution in [0.4, 0.5) is 11.4 Å². The quantitative estimate of drug-likeness (QED) is 0.701. The lowest BCUT2D eigenvalue weighted by Gasteiger charge is -2.29. The van der Waals surface area contributed by atoms with Crippen LogP contribution in [-0.4, -0.2) is 0 Å². The van der Waals surface area contributed by atoms with E-state index in [9.17, 15) is 0 Å². The summed E-state index contributed by atoms with van der Waals surface area (Å²) in [6, 6.07) is 17.0. The first-order chi connectivity index (χ1) is 8.40. The summed E-state index contributed by atoms with van der Waals surface area (Å²) in [6.07, 6.45) is 4.20. The fourth-order valence-corrected chi connectivity index (χ4v) is 3.11. The van der Waals surface area contributed by atoms with Crippen LogP contribution in [-0.2, 0) is 0 Å². The van der Waals surface area contributed by atoms with Gasteiger partial charge in [-0.2, -0.15) is 0 Å². The average molecular weight is 239 g/mol. The van der Waals surface area contributed by atoms with Crippen LogP contribution in [0.2, 0.25) is 0 Å². The zero-order chi connectivity index (χ0) is 11.7. The van der Waals surface area contributed by atoms with Crippen molar-refractivity contribution in [3.63, 3.8) is 0 Å². The average Bonchev–Trinajstić information content (AvgIpc) is 2.39. The number of hydrogen-bond donors (Lipinski definition) is 0. The van der Waals surface area contributed by atoms with Crippen LogP contribution in [0.3, 0.4) is 0 Å². The van der Waals surface area contributed by atoms with E-state index in [0.717, 1.165) is 0 Å². The van der Waals surface area contributed by atoms with Crippen LogP contribution < -0.4 is 4.90 Å². The molecule has 0 aromatic heterocycles. The third-order valence-corrected chi connectivity index (χ3v) is 3.90. The molecule has 2 aromatic carbocycles. The zero-order valence-corrected chi connectivity index (χ0v) is 10.4. The molecule has 1 nitrogen and oxygen atoms in total. The van der Waals surface area contributed by atoms with E-state index in [0.29, 0.717) is 0 Å². The fraction of sp³-hybridized carbons (Fsp3) is 0.0667. The van der Waals surface area contributed by atoms with Gasteiger partial charge in [-0.1, -0.05) is 42.1 Å². The highest BCUT2D eigenvalue weighted by Gasteiger charge is 2.20. The molecular weight excluding hydrogens is 226 g/mol. The van der Waals surface area contributed by atoms with Gasteiger partial charge in [0.2, 0.25) is 0 Å². The second-order valence-corrected chi connectivity index (χ2v) is 4.97. The molecule has 0 atom stereocenters. The lowest BCUT2D eigenvalue weighted by atomic mass is 10.2. The molecule has 0 saturated heterocycles. The maximum Gasteiger partial charge on any atom is 0.0595 e. The third-order valence-electron chi connectivity index (χ3n) is 2.77. The van der Waals surface area contributed by atoms with E-state index < -0.39 is 0 Å². The molecule has 2 aromatic rings. The van der Waals surface area contributed by atoms with E-state index in [2.05, 4.69) is 65.7 Å². The molecule has 0 unspecified atom stereocenters. The van der Waals surface area contributed by atoms with Gasteiger partial charge in [0.05, 0.1) is 11.4 Å². The third kappa shape index (κ3) is 1.75. The molecule has 0 aliphatic carbocycles. The number of anilines is 2. The van der Waals surface area contributed by atoms with E-state index in [4.69, 9.17) is 0 Å². The number of benzene rings is 2. The molecule has 0 radical (unpaired) electrons. The summed E-state index contributed by atoms with van der Waals surface area (Å²) < 4.78 is 0. The van der Waals surface area contributed by atoms with Crippen LogP contribution in [0.1, 0.15) is 6.92 Å². The largest absolute Gasteiger partial charge is 0.315 e. The first kappa shape index (κ1) is 10.5. The van der Waals surface area contributed by atoms with Crippen molar-refractivity contribution >= 4 is 23.1 Å². The fourth-order valence-electron chi connectivity index (χ4n) is 2.04. The molecule has 0 N–H and O–H groups in total. The van der Waals surface area contributed by atoms with Crippen LogP contribution in [0.5, 0.6) is 0 Å². The number of para-hydroxylation sites is 2. The van der Waals surface area contributed by atoms with Gasteiger partial charge in [0.1, 0.15) is 0 Å². The summed E-state index contributed by atoms with van der Waals surface area (Å²) in [6.45, 7) is 2.05. The summed E-state index contributed by atoms with van der Waals surface area (Å²) in [5, 5.41) is 0. The number of hydrogen-bond acceptors (Lipinski definition) is 2.